The van der Waals surface area contributed by atoms with Crippen LogP contribution in [0.3, 0.4) is 0 Å². The van der Waals surface area contributed by atoms with Gasteiger partial charge in [-0.15, -0.1) is 0 Å². The fourth-order valence-corrected chi connectivity index (χ4v) is 1.28. The third-order valence-electron chi connectivity index (χ3n) is 1.94. The van der Waals surface area contributed by atoms with E-state index in [0.717, 1.165) is 0 Å². The minimum absolute atomic E-state index is 0.0247. The van der Waals surface area contributed by atoms with Crippen LogP contribution in [0, 0.1) is 11.8 Å². The molecule has 0 aliphatic rings. The van der Waals surface area contributed by atoms with Crippen molar-refractivity contribution in [3.8, 4) is 23.3 Å². The lowest BCUT2D eigenvalue weighted by atomic mass is 10.1. The van der Waals surface area contributed by atoms with Crippen LogP contribution in [0.2, 0.25) is 0 Å². The Balaban J connectivity index is 3.14. The molecule has 0 aromatic heterocycles. The molecule has 84 valence electrons. The Bertz CT molecular complexity index is 444. The Kier molecular flexibility index (Phi) is 4.74. The van der Waals surface area contributed by atoms with Gasteiger partial charge in [0.2, 0.25) is 0 Å². The number of phenolic OH excluding ortho intramolecular Hbond substituents is 1. The van der Waals surface area contributed by atoms with Crippen LogP contribution in [0.15, 0.2) is 12.1 Å². The van der Waals surface area contributed by atoms with Gasteiger partial charge in [-0.1, -0.05) is 11.8 Å². The largest absolute Gasteiger partial charge is 0.504 e. The number of thiol groups is 1. The third kappa shape index (κ3) is 2.94. The van der Waals surface area contributed by atoms with E-state index >= 15 is 0 Å². The Morgan fingerprint density at radius 2 is 2.31 bits per heavy atom. The van der Waals surface area contributed by atoms with Crippen molar-refractivity contribution in [1.29, 1.82) is 0 Å². The van der Waals surface area contributed by atoms with E-state index < -0.39 is 0 Å². The molecule has 0 spiro atoms. The van der Waals surface area contributed by atoms with Gasteiger partial charge in [0.05, 0.1) is 7.11 Å². The van der Waals surface area contributed by atoms with Crippen LogP contribution in [-0.4, -0.2) is 24.3 Å². The van der Waals surface area contributed by atoms with Gasteiger partial charge in [0.1, 0.15) is 0 Å². The van der Waals surface area contributed by atoms with Crippen LogP contribution in [-0.2, 0) is 0 Å². The Labute approximate surface area is 99.8 Å². The summed E-state index contributed by atoms with van der Waals surface area (Å²) in [6.07, 6.45) is 1.32. The number of hydrogen-bond donors (Lipinski definition) is 2. The highest BCUT2D eigenvalue weighted by atomic mass is 32.1. The highest BCUT2D eigenvalue weighted by Crippen LogP contribution is 2.28. The summed E-state index contributed by atoms with van der Waals surface area (Å²) in [6, 6.07) is 2.89. The van der Waals surface area contributed by atoms with Crippen LogP contribution in [0.25, 0.3) is 0 Å². The maximum Gasteiger partial charge on any atom is 0.161 e. The Morgan fingerprint density at radius 3 is 2.88 bits per heavy atom. The van der Waals surface area contributed by atoms with Crippen molar-refractivity contribution in [2.75, 3.05) is 12.9 Å². The lowest BCUT2D eigenvalue weighted by Gasteiger charge is -2.05. The van der Waals surface area contributed by atoms with Gasteiger partial charge >= 0.3 is 0 Å². The van der Waals surface area contributed by atoms with Crippen molar-refractivity contribution in [3.05, 3.63) is 23.3 Å². The molecular formula is C12H12O3S. The van der Waals surface area contributed by atoms with E-state index in [1.165, 1.54) is 19.2 Å². The first-order chi connectivity index (χ1) is 7.72. The van der Waals surface area contributed by atoms with Crippen molar-refractivity contribution in [1.82, 2.24) is 0 Å². The average molecular weight is 236 g/mol. The summed E-state index contributed by atoms with van der Waals surface area (Å²) >= 11 is 4.03. The predicted octanol–water partition coefficient (Wildman–Crippen LogP) is 1.88. The van der Waals surface area contributed by atoms with Gasteiger partial charge in [-0.3, -0.25) is 4.79 Å². The molecule has 0 fully saturated rings. The molecule has 0 amide bonds. The lowest BCUT2D eigenvalue weighted by molar-refractivity contribution is 0.112. The molecule has 4 heteroatoms. The number of rotatable bonds is 3. The monoisotopic (exact) mass is 236 g/mol. The van der Waals surface area contributed by atoms with Crippen LogP contribution >= 0.6 is 12.6 Å². The summed E-state index contributed by atoms with van der Waals surface area (Å²) in [5.74, 6) is 6.56. The molecule has 0 unspecified atom stereocenters. The van der Waals surface area contributed by atoms with Crippen LogP contribution in [0.1, 0.15) is 22.3 Å². The molecule has 1 aromatic rings. The zero-order chi connectivity index (χ0) is 12.0. The first-order valence-corrected chi connectivity index (χ1v) is 5.32. The van der Waals surface area contributed by atoms with Crippen molar-refractivity contribution >= 4 is 18.9 Å². The quantitative estimate of drug-likeness (QED) is 0.478. The highest BCUT2D eigenvalue weighted by molar-refractivity contribution is 7.80. The van der Waals surface area contributed by atoms with Crippen molar-refractivity contribution in [2.24, 2.45) is 0 Å². The molecule has 1 N–H and O–H groups in total. The molecule has 0 bridgehead atoms. The molecule has 0 radical (unpaired) electrons. The summed E-state index contributed by atoms with van der Waals surface area (Å²) in [5, 5.41) is 9.54. The molecule has 0 saturated carbocycles. The summed E-state index contributed by atoms with van der Waals surface area (Å²) < 4.78 is 4.90. The van der Waals surface area contributed by atoms with E-state index in [1.54, 1.807) is 0 Å². The number of phenols is 1. The Hall–Kier alpha value is -1.60. The number of aldehydes is 1. The summed E-state index contributed by atoms with van der Waals surface area (Å²) in [6.45, 7) is 0. The third-order valence-corrected chi connectivity index (χ3v) is 2.16. The SMILES string of the molecule is COc1cc(C=O)c(C#CCCS)cc1O. The highest BCUT2D eigenvalue weighted by Gasteiger charge is 2.07. The van der Waals surface area contributed by atoms with E-state index in [9.17, 15) is 9.90 Å². The molecule has 0 aliphatic heterocycles. The van der Waals surface area contributed by atoms with Gasteiger partial charge < -0.3 is 9.84 Å². The number of carbonyl (C=O) groups excluding carboxylic acids is 1. The van der Waals surface area contributed by atoms with Crippen LogP contribution in [0.4, 0.5) is 0 Å². The molecule has 0 saturated heterocycles. The number of methoxy groups -OCH3 is 1. The lowest BCUT2D eigenvalue weighted by Crippen LogP contribution is -1.91. The predicted molar refractivity (Wildman–Crippen MR) is 65.4 cm³/mol. The summed E-state index contributed by atoms with van der Waals surface area (Å²) in [7, 11) is 1.43. The standard InChI is InChI=1S/C12H12O3S/c1-15-12-7-10(8-13)9(6-11(12)14)4-2-3-5-16/h6-8,14,16H,3,5H2,1H3. The second-order valence-electron chi connectivity index (χ2n) is 3.00. The van der Waals surface area contributed by atoms with E-state index in [0.29, 0.717) is 29.6 Å². The van der Waals surface area contributed by atoms with E-state index in [4.69, 9.17) is 4.74 Å². The van der Waals surface area contributed by atoms with Gasteiger partial charge in [0.25, 0.3) is 0 Å². The molecule has 0 atom stereocenters. The van der Waals surface area contributed by atoms with Gasteiger partial charge in [0.15, 0.2) is 17.8 Å². The van der Waals surface area contributed by atoms with Gasteiger partial charge in [-0.2, -0.15) is 12.6 Å². The van der Waals surface area contributed by atoms with Gasteiger partial charge in [0, 0.05) is 29.4 Å². The summed E-state index contributed by atoms with van der Waals surface area (Å²) in [5.41, 5.74) is 0.899. The second-order valence-corrected chi connectivity index (χ2v) is 3.45. The zero-order valence-electron chi connectivity index (χ0n) is 8.86. The van der Waals surface area contributed by atoms with Crippen molar-refractivity contribution < 1.29 is 14.6 Å². The summed E-state index contributed by atoms with van der Waals surface area (Å²) in [4.78, 5) is 10.8. The van der Waals surface area contributed by atoms with Gasteiger partial charge in [-0.25, -0.2) is 0 Å². The van der Waals surface area contributed by atoms with E-state index in [-0.39, 0.29) is 11.5 Å². The molecular weight excluding hydrogens is 224 g/mol. The minimum Gasteiger partial charge on any atom is -0.504 e. The number of carbonyl (C=O) groups is 1. The number of benzene rings is 1. The first-order valence-electron chi connectivity index (χ1n) is 4.68. The fraction of sp³-hybridized carbons (Fsp3) is 0.250. The molecule has 16 heavy (non-hydrogen) atoms. The molecule has 1 aromatic carbocycles. The second kappa shape index (κ2) is 6.09. The van der Waals surface area contributed by atoms with Crippen LogP contribution in [0.5, 0.6) is 11.5 Å². The topological polar surface area (TPSA) is 46.5 Å². The minimum atomic E-state index is -0.0247. The molecule has 0 heterocycles. The fourth-order valence-electron chi connectivity index (χ4n) is 1.17. The number of aromatic hydroxyl groups is 1. The van der Waals surface area contributed by atoms with E-state index in [2.05, 4.69) is 24.5 Å². The first kappa shape index (κ1) is 12.5. The maximum absolute atomic E-state index is 10.8. The molecule has 0 aliphatic carbocycles. The van der Waals surface area contributed by atoms with Crippen molar-refractivity contribution in [2.45, 2.75) is 6.42 Å². The average Bonchev–Trinajstić information content (AvgIpc) is 2.30. The normalized spacial score (nSPS) is 9.12. The van der Waals surface area contributed by atoms with Crippen LogP contribution < -0.4 is 4.74 Å². The molecule has 3 nitrogen and oxygen atoms in total. The number of hydrogen-bond acceptors (Lipinski definition) is 4. The Morgan fingerprint density at radius 1 is 1.56 bits per heavy atom. The maximum atomic E-state index is 10.8. The van der Waals surface area contributed by atoms with E-state index in [1.807, 2.05) is 0 Å². The molecule has 1 rings (SSSR count). The number of ether oxygens (including phenoxy) is 1. The zero-order valence-corrected chi connectivity index (χ0v) is 9.75. The van der Waals surface area contributed by atoms with Crippen molar-refractivity contribution in [3.63, 3.8) is 0 Å². The smallest absolute Gasteiger partial charge is 0.161 e. The van der Waals surface area contributed by atoms with Gasteiger partial charge in [-0.05, 0) is 6.07 Å².